The predicted octanol–water partition coefficient (Wildman–Crippen LogP) is 3.55. The van der Waals surface area contributed by atoms with Crippen molar-refractivity contribution in [2.24, 2.45) is 4.99 Å². The highest BCUT2D eigenvalue weighted by atomic mass is 32.2. The third-order valence-corrected chi connectivity index (χ3v) is 5.56. The van der Waals surface area contributed by atoms with Crippen LogP contribution in [0, 0.1) is 6.92 Å². The lowest BCUT2D eigenvalue weighted by molar-refractivity contribution is 0.606. The number of benzene rings is 1. The third-order valence-electron chi connectivity index (χ3n) is 4.47. The van der Waals surface area contributed by atoms with Gasteiger partial charge in [-0.2, -0.15) is 11.8 Å². The number of hydrogen-bond donors (Lipinski definition) is 2. The van der Waals surface area contributed by atoms with Gasteiger partial charge in [0.05, 0.1) is 0 Å². The molecule has 1 aliphatic rings. The van der Waals surface area contributed by atoms with Crippen LogP contribution in [-0.2, 0) is 0 Å². The molecule has 3 atom stereocenters. The fourth-order valence-electron chi connectivity index (χ4n) is 3.02. The van der Waals surface area contributed by atoms with E-state index >= 15 is 0 Å². The third kappa shape index (κ3) is 4.94. The van der Waals surface area contributed by atoms with E-state index in [4.69, 9.17) is 0 Å². The highest BCUT2D eigenvalue weighted by Crippen LogP contribution is 2.28. The minimum atomic E-state index is 0.473. The zero-order chi connectivity index (χ0) is 15.9. The van der Waals surface area contributed by atoms with Crippen molar-refractivity contribution in [3.63, 3.8) is 0 Å². The Morgan fingerprint density at radius 1 is 1.41 bits per heavy atom. The average molecular weight is 320 g/mol. The van der Waals surface area contributed by atoms with Gasteiger partial charge in [0.15, 0.2) is 5.96 Å². The number of nitrogens with zero attached hydrogens (tertiary/aromatic N) is 1. The Hall–Kier alpha value is -1.16. The maximum absolute atomic E-state index is 4.37. The van der Waals surface area contributed by atoms with Crippen molar-refractivity contribution in [3.05, 3.63) is 35.4 Å². The van der Waals surface area contributed by atoms with Gasteiger partial charge in [-0.1, -0.05) is 36.8 Å². The molecule has 0 bridgehead atoms. The first-order chi connectivity index (χ1) is 10.6. The minimum absolute atomic E-state index is 0.473. The smallest absolute Gasteiger partial charge is 0.191 e. The average Bonchev–Trinajstić information content (AvgIpc) is 2.98. The van der Waals surface area contributed by atoms with Gasteiger partial charge in [0, 0.05) is 24.9 Å². The Balaban J connectivity index is 1.81. The summed E-state index contributed by atoms with van der Waals surface area (Å²) >= 11 is 1.99. The zero-order valence-corrected chi connectivity index (χ0v) is 15.0. The summed E-state index contributed by atoms with van der Waals surface area (Å²) in [5, 5.41) is 7.86. The van der Waals surface area contributed by atoms with Gasteiger partial charge in [-0.05, 0) is 43.9 Å². The number of thioether (sulfide) groups is 1. The molecule has 1 aromatic rings. The van der Waals surface area contributed by atoms with Crippen LogP contribution >= 0.6 is 11.8 Å². The first-order valence-electron chi connectivity index (χ1n) is 8.19. The van der Waals surface area contributed by atoms with Crippen molar-refractivity contribution in [1.29, 1.82) is 0 Å². The molecule has 1 fully saturated rings. The largest absolute Gasteiger partial charge is 0.356 e. The molecule has 0 aromatic heterocycles. The Bertz CT molecular complexity index is 501. The lowest BCUT2D eigenvalue weighted by Gasteiger charge is -2.20. The van der Waals surface area contributed by atoms with Crippen molar-refractivity contribution < 1.29 is 0 Å². The molecule has 3 nitrogen and oxygen atoms in total. The van der Waals surface area contributed by atoms with Gasteiger partial charge in [-0.15, -0.1) is 0 Å². The van der Waals surface area contributed by atoms with Crippen LogP contribution in [0.15, 0.2) is 29.3 Å². The first kappa shape index (κ1) is 17.2. The second-order valence-corrected chi connectivity index (χ2v) is 7.42. The second-order valence-electron chi connectivity index (χ2n) is 6.28. The van der Waals surface area contributed by atoms with Crippen LogP contribution < -0.4 is 10.6 Å². The molecule has 2 rings (SSSR count). The summed E-state index contributed by atoms with van der Waals surface area (Å²) < 4.78 is 0. The van der Waals surface area contributed by atoms with Crippen molar-refractivity contribution in [1.82, 2.24) is 10.6 Å². The number of hydrogen-bond acceptors (Lipinski definition) is 2. The molecule has 0 heterocycles. The molecule has 0 amide bonds. The van der Waals surface area contributed by atoms with Crippen LogP contribution in [0.4, 0.5) is 0 Å². The number of guanidine groups is 1. The predicted molar refractivity (Wildman–Crippen MR) is 99.0 cm³/mol. The van der Waals surface area contributed by atoms with E-state index < -0.39 is 0 Å². The molecule has 122 valence electrons. The van der Waals surface area contributed by atoms with Crippen LogP contribution in [-0.4, -0.2) is 37.1 Å². The lowest BCUT2D eigenvalue weighted by atomic mass is 9.99. The molecule has 0 radical (unpaired) electrons. The summed E-state index contributed by atoms with van der Waals surface area (Å²) in [5.74, 6) is 1.41. The molecule has 1 aliphatic carbocycles. The molecule has 0 aliphatic heterocycles. The summed E-state index contributed by atoms with van der Waals surface area (Å²) in [6, 6.07) is 9.32. The summed E-state index contributed by atoms with van der Waals surface area (Å²) in [5.41, 5.74) is 2.70. The molecule has 0 spiro atoms. The summed E-state index contributed by atoms with van der Waals surface area (Å²) in [6.45, 7) is 5.31. The van der Waals surface area contributed by atoms with E-state index in [2.05, 4.69) is 60.0 Å². The summed E-state index contributed by atoms with van der Waals surface area (Å²) in [4.78, 5) is 4.37. The molecular formula is C18H29N3S. The molecule has 0 saturated heterocycles. The second kappa shape index (κ2) is 8.47. The quantitative estimate of drug-likeness (QED) is 0.644. The zero-order valence-electron chi connectivity index (χ0n) is 14.2. The maximum Gasteiger partial charge on any atom is 0.191 e. The highest BCUT2D eigenvalue weighted by molar-refractivity contribution is 7.99. The van der Waals surface area contributed by atoms with Gasteiger partial charge >= 0.3 is 0 Å². The summed E-state index contributed by atoms with van der Waals surface area (Å²) in [6.07, 6.45) is 6.02. The van der Waals surface area contributed by atoms with Crippen LogP contribution in [0.5, 0.6) is 0 Å². The van der Waals surface area contributed by atoms with Gasteiger partial charge in [-0.3, -0.25) is 4.99 Å². The van der Waals surface area contributed by atoms with Crippen LogP contribution in [0.2, 0.25) is 0 Å². The molecule has 22 heavy (non-hydrogen) atoms. The Kier molecular flexibility index (Phi) is 6.62. The Morgan fingerprint density at radius 3 is 2.86 bits per heavy atom. The maximum atomic E-state index is 4.37. The van der Waals surface area contributed by atoms with E-state index in [1.54, 1.807) is 0 Å². The number of nitrogens with one attached hydrogen (secondary N) is 2. The fourth-order valence-corrected chi connectivity index (χ4v) is 3.81. The standard InChI is InChI=1S/C18H29N3S/c1-13-6-5-7-15(10-13)14(2)12-20-18(19-3)21-16-8-9-17(11-16)22-4/h5-7,10,14,16-17H,8-9,11-12H2,1-4H3,(H2,19,20,21). The van der Waals surface area contributed by atoms with Gasteiger partial charge in [0.2, 0.25) is 0 Å². The van der Waals surface area contributed by atoms with E-state index in [1.165, 1.54) is 30.4 Å². The Labute approximate surface area is 139 Å². The molecule has 2 N–H and O–H groups in total. The molecule has 4 heteroatoms. The van der Waals surface area contributed by atoms with Crippen LogP contribution in [0.25, 0.3) is 0 Å². The molecule has 1 saturated carbocycles. The molecule has 1 aromatic carbocycles. The van der Waals surface area contributed by atoms with Gasteiger partial charge in [0.25, 0.3) is 0 Å². The van der Waals surface area contributed by atoms with Crippen molar-refractivity contribution in [3.8, 4) is 0 Å². The highest BCUT2D eigenvalue weighted by Gasteiger charge is 2.24. The van der Waals surface area contributed by atoms with E-state index in [0.717, 1.165) is 17.8 Å². The summed E-state index contributed by atoms with van der Waals surface area (Å²) in [7, 11) is 1.85. The topological polar surface area (TPSA) is 36.4 Å². The normalized spacial score (nSPS) is 23.4. The van der Waals surface area contributed by atoms with Gasteiger partial charge in [-0.25, -0.2) is 0 Å². The van der Waals surface area contributed by atoms with Gasteiger partial charge in [0.1, 0.15) is 0 Å². The van der Waals surface area contributed by atoms with Crippen molar-refractivity contribution in [2.45, 2.75) is 50.3 Å². The van der Waals surface area contributed by atoms with Crippen LogP contribution in [0.3, 0.4) is 0 Å². The van der Waals surface area contributed by atoms with Crippen molar-refractivity contribution in [2.75, 3.05) is 19.8 Å². The number of aryl methyl sites for hydroxylation is 1. The molecular weight excluding hydrogens is 290 g/mol. The number of aliphatic imine (C=N–C) groups is 1. The number of rotatable bonds is 5. The monoisotopic (exact) mass is 319 g/mol. The van der Waals surface area contributed by atoms with E-state index in [9.17, 15) is 0 Å². The van der Waals surface area contributed by atoms with Crippen molar-refractivity contribution >= 4 is 17.7 Å². The lowest BCUT2D eigenvalue weighted by Crippen LogP contribution is -2.43. The van der Waals surface area contributed by atoms with Crippen LogP contribution in [0.1, 0.15) is 43.2 Å². The fraction of sp³-hybridized carbons (Fsp3) is 0.611. The molecule has 3 unspecified atom stereocenters. The first-order valence-corrected chi connectivity index (χ1v) is 9.47. The van der Waals surface area contributed by atoms with E-state index in [-0.39, 0.29) is 0 Å². The Morgan fingerprint density at radius 2 is 2.23 bits per heavy atom. The van der Waals surface area contributed by atoms with Gasteiger partial charge < -0.3 is 10.6 Å². The SMILES string of the molecule is CN=C(NCC(C)c1cccc(C)c1)NC1CCC(SC)C1. The minimum Gasteiger partial charge on any atom is -0.356 e. The van der Waals surface area contributed by atoms with E-state index in [0.29, 0.717) is 12.0 Å². The van der Waals surface area contributed by atoms with E-state index in [1.807, 2.05) is 18.8 Å².